The topological polar surface area (TPSA) is 50.8 Å². The third-order valence-electron chi connectivity index (χ3n) is 5.65. The molecule has 3 aromatic carbocycles. The van der Waals surface area contributed by atoms with Crippen LogP contribution < -0.4 is 14.8 Å². The number of benzene rings is 3. The van der Waals surface area contributed by atoms with Gasteiger partial charge in [0.25, 0.3) is 5.91 Å². The quantitative estimate of drug-likeness (QED) is 0.567. The summed E-state index contributed by atoms with van der Waals surface area (Å²) in [7, 11) is 1.46. The van der Waals surface area contributed by atoms with Crippen LogP contribution >= 0.6 is 0 Å². The molecular weight excluding hydrogens is 407 g/mol. The normalized spacial score (nSPS) is 14.7. The number of halogens is 1. The molecule has 5 nitrogen and oxygen atoms in total. The molecule has 1 aliphatic heterocycles. The Morgan fingerprint density at radius 2 is 1.72 bits per heavy atom. The Labute approximate surface area is 187 Å². The predicted molar refractivity (Wildman–Crippen MR) is 122 cm³/mol. The molecule has 32 heavy (non-hydrogen) atoms. The maximum absolute atomic E-state index is 13.9. The highest BCUT2D eigenvalue weighted by atomic mass is 19.1. The monoisotopic (exact) mass is 434 g/mol. The summed E-state index contributed by atoms with van der Waals surface area (Å²) < 4.78 is 24.8. The van der Waals surface area contributed by atoms with Crippen LogP contribution in [0, 0.1) is 5.82 Å². The van der Waals surface area contributed by atoms with Crippen molar-refractivity contribution in [1.29, 1.82) is 0 Å². The molecular formula is C26H27FN2O3. The van der Waals surface area contributed by atoms with Crippen molar-refractivity contribution in [3.05, 3.63) is 89.7 Å². The van der Waals surface area contributed by atoms with Crippen LogP contribution in [0.25, 0.3) is 0 Å². The third kappa shape index (κ3) is 5.45. The fraction of sp³-hybridized carbons (Fsp3) is 0.269. The Balaban J connectivity index is 1.32. The lowest BCUT2D eigenvalue weighted by Crippen LogP contribution is -2.44. The fourth-order valence-electron chi connectivity index (χ4n) is 3.92. The van der Waals surface area contributed by atoms with E-state index in [4.69, 9.17) is 9.47 Å². The highest BCUT2D eigenvalue weighted by Gasteiger charge is 2.23. The average Bonchev–Trinajstić information content (AvgIpc) is 2.81. The molecule has 1 aliphatic rings. The van der Waals surface area contributed by atoms with Gasteiger partial charge in [-0.15, -0.1) is 0 Å². The maximum Gasteiger partial charge on any atom is 0.255 e. The van der Waals surface area contributed by atoms with Crippen molar-refractivity contribution in [3.8, 4) is 17.2 Å². The van der Waals surface area contributed by atoms with Gasteiger partial charge >= 0.3 is 0 Å². The minimum atomic E-state index is -0.344. The Bertz CT molecular complexity index is 1050. The Hall–Kier alpha value is -3.38. The molecule has 1 amide bonds. The van der Waals surface area contributed by atoms with Crippen LogP contribution in [0.2, 0.25) is 0 Å². The third-order valence-corrected chi connectivity index (χ3v) is 5.65. The molecule has 0 bridgehead atoms. The molecule has 0 radical (unpaired) electrons. The van der Waals surface area contributed by atoms with Crippen molar-refractivity contribution < 1.29 is 18.7 Å². The number of amides is 1. The first kappa shape index (κ1) is 21.8. The molecule has 1 heterocycles. The molecule has 3 aromatic rings. The minimum absolute atomic E-state index is 0.0936. The zero-order valence-corrected chi connectivity index (χ0v) is 18.1. The second kappa shape index (κ2) is 10.3. The Kier molecular flexibility index (Phi) is 7.02. The molecule has 0 aliphatic carbocycles. The number of rotatable bonds is 7. The van der Waals surface area contributed by atoms with Gasteiger partial charge in [0.1, 0.15) is 11.5 Å². The molecule has 0 unspecified atom stereocenters. The van der Waals surface area contributed by atoms with E-state index >= 15 is 0 Å². The van der Waals surface area contributed by atoms with E-state index in [-0.39, 0.29) is 23.5 Å². The van der Waals surface area contributed by atoms with Crippen molar-refractivity contribution in [2.24, 2.45) is 0 Å². The molecule has 1 N–H and O–H groups in total. The smallest absolute Gasteiger partial charge is 0.255 e. The second-order valence-corrected chi connectivity index (χ2v) is 7.90. The first-order valence-corrected chi connectivity index (χ1v) is 10.8. The molecule has 0 aromatic heterocycles. The number of nitrogens with one attached hydrogen (secondary N) is 1. The molecule has 0 atom stereocenters. The van der Waals surface area contributed by atoms with Crippen molar-refractivity contribution >= 4 is 5.91 Å². The van der Waals surface area contributed by atoms with Crippen LogP contribution in [-0.2, 0) is 6.54 Å². The summed E-state index contributed by atoms with van der Waals surface area (Å²) in [5, 5.41) is 3.15. The maximum atomic E-state index is 13.9. The Morgan fingerprint density at radius 1 is 1.00 bits per heavy atom. The van der Waals surface area contributed by atoms with Gasteiger partial charge in [-0.1, -0.05) is 36.4 Å². The van der Waals surface area contributed by atoms with Gasteiger partial charge in [-0.25, -0.2) is 4.39 Å². The van der Waals surface area contributed by atoms with E-state index in [1.54, 1.807) is 18.2 Å². The zero-order chi connectivity index (χ0) is 22.3. The van der Waals surface area contributed by atoms with Crippen LogP contribution in [-0.4, -0.2) is 37.0 Å². The average molecular weight is 435 g/mol. The number of hydrogen-bond donors (Lipinski definition) is 1. The summed E-state index contributed by atoms with van der Waals surface area (Å²) in [5.41, 5.74) is 1.44. The van der Waals surface area contributed by atoms with Crippen molar-refractivity contribution in [2.75, 3.05) is 20.2 Å². The fourth-order valence-corrected chi connectivity index (χ4v) is 3.92. The van der Waals surface area contributed by atoms with E-state index in [0.29, 0.717) is 23.6 Å². The van der Waals surface area contributed by atoms with Gasteiger partial charge in [0, 0.05) is 25.7 Å². The van der Waals surface area contributed by atoms with Gasteiger partial charge in [0.05, 0.1) is 12.7 Å². The second-order valence-electron chi connectivity index (χ2n) is 7.90. The molecule has 1 saturated heterocycles. The first-order valence-electron chi connectivity index (χ1n) is 10.8. The van der Waals surface area contributed by atoms with Crippen molar-refractivity contribution in [2.45, 2.75) is 25.4 Å². The van der Waals surface area contributed by atoms with E-state index in [9.17, 15) is 9.18 Å². The van der Waals surface area contributed by atoms with Gasteiger partial charge in [-0.05, 0) is 54.8 Å². The summed E-state index contributed by atoms with van der Waals surface area (Å²) in [4.78, 5) is 15.2. The van der Waals surface area contributed by atoms with E-state index in [0.717, 1.165) is 31.5 Å². The molecule has 4 rings (SSSR count). The minimum Gasteiger partial charge on any atom is -0.494 e. The Morgan fingerprint density at radius 3 is 2.44 bits per heavy atom. The lowest BCUT2D eigenvalue weighted by Gasteiger charge is -2.32. The first-order chi connectivity index (χ1) is 15.6. The zero-order valence-electron chi connectivity index (χ0n) is 18.1. The van der Waals surface area contributed by atoms with Gasteiger partial charge in [0.2, 0.25) is 0 Å². The summed E-state index contributed by atoms with van der Waals surface area (Å²) in [5.74, 6) is 1.01. The largest absolute Gasteiger partial charge is 0.494 e. The molecule has 6 heteroatoms. The van der Waals surface area contributed by atoms with Crippen molar-refractivity contribution in [1.82, 2.24) is 10.2 Å². The number of hydrogen-bond acceptors (Lipinski definition) is 4. The number of nitrogens with zero attached hydrogens (tertiary/aromatic N) is 1. The number of carbonyl (C=O) groups is 1. The van der Waals surface area contributed by atoms with E-state index < -0.39 is 0 Å². The van der Waals surface area contributed by atoms with Crippen LogP contribution in [0.1, 0.15) is 28.8 Å². The molecule has 0 saturated carbocycles. The lowest BCUT2D eigenvalue weighted by atomic mass is 10.0. The highest BCUT2D eigenvalue weighted by Crippen LogP contribution is 2.26. The summed E-state index contributed by atoms with van der Waals surface area (Å²) in [6, 6.07) is 21.9. The van der Waals surface area contributed by atoms with E-state index in [2.05, 4.69) is 10.2 Å². The van der Waals surface area contributed by atoms with Gasteiger partial charge < -0.3 is 14.8 Å². The van der Waals surface area contributed by atoms with Crippen LogP contribution in [0.4, 0.5) is 4.39 Å². The summed E-state index contributed by atoms with van der Waals surface area (Å²) in [6.07, 6.45) is 1.68. The number of methoxy groups -OCH3 is 1. The van der Waals surface area contributed by atoms with Crippen LogP contribution in [0.5, 0.6) is 17.2 Å². The van der Waals surface area contributed by atoms with Crippen molar-refractivity contribution in [3.63, 3.8) is 0 Å². The highest BCUT2D eigenvalue weighted by molar-refractivity contribution is 5.97. The van der Waals surface area contributed by atoms with E-state index in [1.165, 1.54) is 13.2 Å². The predicted octanol–water partition coefficient (Wildman–Crippen LogP) is 5.02. The lowest BCUT2D eigenvalue weighted by molar-refractivity contribution is 0.0906. The number of likely N-dealkylation sites (tertiary alicyclic amines) is 1. The number of para-hydroxylation sites is 2. The van der Waals surface area contributed by atoms with Crippen LogP contribution in [0.15, 0.2) is 72.8 Å². The SMILES string of the molecule is COc1ccc(CN2CCC(NC(=O)c3ccccc3Oc3ccccc3)CC2)cc1F. The van der Waals surface area contributed by atoms with Crippen LogP contribution in [0.3, 0.4) is 0 Å². The van der Waals surface area contributed by atoms with Gasteiger partial charge in [-0.3, -0.25) is 9.69 Å². The molecule has 0 spiro atoms. The summed E-state index contributed by atoms with van der Waals surface area (Å²) >= 11 is 0. The van der Waals surface area contributed by atoms with Gasteiger partial charge in [0.15, 0.2) is 11.6 Å². The number of carbonyl (C=O) groups excluding carboxylic acids is 1. The molecule has 166 valence electrons. The molecule has 1 fully saturated rings. The van der Waals surface area contributed by atoms with E-state index in [1.807, 2.05) is 48.5 Å². The standard InChI is InChI=1S/C26H27FN2O3/c1-31-25-12-11-19(17-23(25)27)18-29-15-13-20(14-16-29)28-26(30)22-9-5-6-10-24(22)32-21-7-3-2-4-8-21/h2-12,17,20H,13-16,18H2,1H3,(H,28,30). The summed E-state index contributed by atoms with van der Waals surface area (Å²) in [6.45, 7) is 2.34. The number of piperidine rings is 1. The van der Waals surface area contributed by atoms with Gasteiger partial charge in [-0.2, -0.15) is 0 Å². The number of ether oxygens (including phenoxy) is 2.